The molecule has 1 aromatic rings. The number of alkyl halides is 3. The van der Waals surface area contributed by atoms with Crippen LogP contribution < -0.4 is 5.73 Å². The number of rotatable bonds is 4. The molecule has 1 amide bonds. The smallest absolute Gasteiger partial charge is 0.341 e. The molecule has 0 bridgehead atoms. The van der Waals surface area contributed by atoms with Crippen molar-refractivity contribution in [2.24, 2.45) is 11.7 Å². The molecule has 1 rings (SSSR count). The average Bonchev–Trinajstić information content (AvgIpc) is 2.36. The molecule has 0 saturated carbocycles. The van der Waals surface area contributed by atoms with Crippen LogP contribution in [0.25, 0.3) is 0 Å². The van der Waals surface area contributed by atoms with Gasteiger partial charge in [-0.2, -0.15) is 13.2 Å². The summed E-state index contributed by atoms with van der Waals surface area (Å²) in [6, 6.07) is 4.78. The van der Waals surface area contributed by atoms with Crippen molar-refractivity contribution in [1.82, 2.24) is 4.90 Å². The van der Waals surface area contributed by atoms with Crippen molar-refractivity contribution in [1.29, 1.82) is 0 Å². The molecule has 0 fully saturated rings. The highest BCUT2D eigenvalue weighted by Crippen LogP contribution is 2.32. The monoisotopic (exact) mass is 274 g/mol. The predicted molar refractivity (Wildman–Crippen MR) is 66.6 cm³/mol. The molecule has 3 nitrogen and oxygen atoms in total. The standard InChI is InChI=1S/C13H17F3N2O/c1-9(7-17)8-18(2)12(19)10-5-3-4-6-11(10)13(14,15)16/h3-6,9H,7-8,17H2,1-2H3. The molecule has 1 unspecified atom stereocenters. The van der Waals surface area contributed by atoms with Crippen molar-refractivity contribution in [2.75, 3.05) is 20.1 Å². The number of nitrogens with zero attached hydrogens (tertiary/aromatic N) is 1. The summed E-state index contributed by atoms with van der Waals surface area (Å²) in [5.74, 6) is -0.611. The van der Waals surface area contributed by atoms with E-state index in [0.717, 1.165) is 6.07 Å². The van der Waals surface area contributed by atoms with Gasteiger partial charge >= 0.3 is 6.18 Å². The van der Waals surface area contributed by atoms with Crippen LogP contribution in [0.3, 0.4) is 0 Å². The third kappa shape index (κ3) is 3.96. The summed E-state index contributed by atoms with van der Waals surface area (Å²) in [4.78, 5) is 13.3. The van der Waals surface area contributed by atoms with E-state index in [1.807, 2.05) is 6.92 Å². The molecule has 1 atom stereocenters. The molecule has 1 aromatic carbocycles. The summed E-state index contributed by atoms with van der Waals surface area (Å²) in [6.45, 7) is 2.53. The zero-order valence-corrected chi connectivity index (χ0v) is 10.9. The third-order valence-corrected chi connectivity index (χ3v) is 2.80. The van der Waals surface area contributed by atoms with Gasteiger partial charge in [0.05, 0.1) is 11.1 Å². The van der Waals surface area contributed by atoms with Gasteiger partial charge in [-0.1, -0.05) is 19.1 Å². The number of carbonyl (C=O) groups is 1. The Kier molecular flexibility index (Phi) is 4.94. The minimum absolute atomic E-state index is 0.0343. The van der Waals surface area contributed by atoms with Crippen LogP contribution in [0, 0.1) is 5.92 Å². The lowest BCUT2D eigenvalue weighted by molar-refractivity contribution is -0.138. The molecule has 106 valence electrons. The first kappa shape index (κ1) is 15.5. The molecule has 0 aromatic heterocycles. The molecule has 0 heterocycles. The Bertz CT molecular complexity index is 446. The second-order valence-electron chi connectivity index (χ2n) is 4.57. The summed E-state index contributed by atoms with van der Waals surface area (Å²) >= 11 is 0. The Balaban J connectivity index is 3.00. The molecule has 6 heteroatoms. The molecule has 19 heavy (non-hydrogen) atoms. The van der Waals surface area contributed by atoms with Crippen LogP contribution in [0.4, 0.5) is 13.2 Å². The first-order valence-corrected chi connectivity index (χ1v) is 5.89. The molecule has 0 aliphatic heterocycles. The number of carbonyl (C=O) groups excluding carboxylic acids is 1. The van der Waals surface area contributed by atoms with Gasteiger partial charge in [0.15, 0.2) is 0 Å². The van der Waals surface area contributed by atoms with Gasteiger partial charge in [0.25, 0.3) is 5.91 Å². The van der Waals surface area contributed by atoms with Gasteiger partial charge in [-0.05, 0) is 24.6 Å². The maximum absolute atomic E-state index is 12.8. The summed E-state index contributed by atoms with van der Waals surface area (Å²) in [5.41, 5.74) is 4.20. The number of amides is 1. The van der Waals surface area contributed by atoms with E-state index in [2.05, 4.69) is 0 Å². The maximum Gasteiger partial charge on any atom is 0.417 e. The molecule has 0 aliphatic rings. The van der Waals surface area contributed by atoms with Gasteiger partial charge in [-0.25, -0.2) is 0 Å². The van der Waals surface area contributed by atoms with E-state index in [9.17, 15) is 18.0 Å². The lowest BCUT2D eigenvalue weighted by atomic mass is 10.1. The van der Waals surface area contributed by atoms with Crippen LogP contribution in [0.1, 0.15) is 22.8 Å². The van der Waals surface area contributed by atoms with Gasteiger partial charge < -0.3 is 10.6 Å². The zero-order chi connectivity index (χ0) is 14.6. The molecular weight excluding hydrogens is 257 g/mol. The van der Waals surface area contributed by atoms with Crippen LogP contribution in [0.5, 0.6) is 0 Å². The number of nitrogens with two attached hydrogens (primary N) is 1. The Morgan fingerprint density at radius 3 is 2.47 bits per heavy atom. The Labute approximate surface area is 110 Å². The van der Waals surface area contributed by atoms with E-state index in [1.165, 1.54) is 30.1 Å². The second-order valence-corrected chi connectivity index (χ2v) is 4.57. The van der Waals surface area contributed by atoms with Crippen molar-refractivity contribution in [3.8, 4) is 0 Å². The van der Waals surface area contributed by atoms with Gasteiger partial charge in [-0.15, -0.1) is 0 Å². The minimum Gasteiger partial charge on any atom is -0.341 e. The van der Waals surface area contributed by atoms with E-state index in [-0.39, 0.29) is 11.5 Å². The summed E-state index contributed by atoms with van der Waals surface area (Å²) in [5, 5.41) is 0. The van der Waals surface area contributed by atoms with Crippen LogP contribution in [-0.4, -0.2) is 30.9 Å². The largest absolute Gasteiger partial charge is 0.417 e. The van der Waals surface area contributed by atoms with Gasteiger partial charge in [0, 0.05) is 13.6 Å². The normalized spacial score (nSPS) is 13.2. The summed E-state index contributed by atoms with van der Waals surface area (Å²) in [7, 11) is 1.47. The number of benzene rings is 1. The average molecular weight is 274 g/mol. The highest BCUT2D eigenvalue weighted by Gasteiger charge is 2.35. The van der Waals surface area contributed by atoms with Crippen LogP contribution in [0.2, 0.25) is 0 Å². The Morgan fingerprint density at radius 1 is 1.37 bits per heavy atom. The lowest BCUT2D eigenvalue weighted by Crippen LogP contribution is -2.34. The second kappa shape index (κ2) is 6.06. The first-order chi connectivity index (χ1) is 8.77. The topological polar surface area (TPSA) is 46.3 Å². The quantitative estimate of drug-likeness (QED) is 0.916. The van der Waals surface area contributed by atoms with Crippen molar-refractivity contribution >= 4 is 5.91 Å². The third-order valence-electron chi connectivity index (χ3n) is 2.80. The molecule has 0 spiro atoms. The Morgan fingerprint density at radius 2 is 1.95 bits per heavy atom. The molecule has 0 saturated heterocycles. The van der Waals surface area contributed by atoms with Crippen LogP contribution >= 0.6 is 0 Å². The van der Waals surface area contributed by atoms with Gasteiger partial charge in [-0.3, -0.25) is 4.79 Å². The highest BCUT2D eigenvalue weighted by atomic mass is 19.4. The summed E-state index contributed by atoms with van der Waals surface area (Å²) in [6.07, 6.45) is -4.54. The SMILES string of the molecule is CC(CN)CN(C)C(=O)c1ccccc1C(F)(F)F. The van der Waals surface area contributed by atoms with E-state index in [0.29, 0.717) is 13.1 Å². The Hall–Kier alpha value is -1.56. The molecule has 2 N–H and O–H groups in total. The predicted octanol–water partition coefficient (Wildman–Crippen LogP) is 2.37. The lowest BCUT2D eigenvalue weighted by Gasteiger charge is -2.22. The van der Waals surface area contributed by atoms with Gasteiger partial charge in [0.2, 0.25) is 0 Å². The number of halogens is 3. The van der Waals surface area contributed by atoms with Crippen LogP contribution in [-0.2, 0) is 6.18 Å². The van der Waals surface area contributed by atoms with Crippen LogP contribution in [0.15, 0.2) is 24.3 Å². The number of hydrogen-bond donors (Lipinski definition) is 1. The van der Waals surface area contributed by atoms with E-state index in [4.69, 9.17) is 5.73 Å². The van der Waals surface area contributed by atoms with Crippen molar-refractivity contribution in [3.05, 3.63) is 35.4 Å². The summed E-state index contributed by atoms with van der Waals surface area (Å²) < 4.78 is 38.4. The number of hydrogen-bond acceptors (Lipinski definition) is 2. The molecule has 0 aliphatic carbocycles. The zero-order valence-electron chi connectivity index (χ0n) is 10.9. The minimum atomic E-state index is -4.54. The van der Waals surface area contributed by atoms with Gasteiger partial charge in [0.1, 0.15) is 0 Å². The fourth-order valence-corrected chi connectivity index (χ4v) is 1.75. The van der Waals surface area contributed by atoms with Crippen molar-refractivity contribution in [3.63, 3.8) is 0 Å². The fourth-order valence-electron chi connectivity index (χ4n) is 1.75. The highest BCUT2D eigenvalue weighted by molar-refractivity contribution is 5.95. The van der Waals surface area contributed by atoms with E-state index >= 15 is 0 Å². The van der Waals surface area contributed by atoms with Crippen molar-refractivity contribution < 1.29 is 18.0 Å². The van der Waals surface area contributed by atoms with E-state index in [1.54, 1.807) is 0 Å². The molecule has 0 radical (unpaired) electrons. The maximum atomic E-state index is 12.8. The van der Waals surface area contributed by atoms with E-state index < -0.39 is 17.6 Å². The molecular formula is C13H17F3N2O. The first-order valence-electron chi connectivity index (χ1n) is 5.89. The fraction of sp³-hybridized carbons (Fsp3) is 0.462. The van der Waals surface area contributed by atoms with Crippen molar-refractivity contribution in [2.45, 2.75) is 13.1 Å².